The zero-order valence-corrected chi connectivity index (χ0v) is 20.2. The fraction of sp³-hybridized carbons (Fsp3) is 0.160. The molecule has 0 radical (unpaired) electrons. The second-order valence-electron chi connectivity index (χ2n) is 7.67. The number of hydrogen-bond acceptors (Lipinski definition) is 5. The molecule has 0 spiro atoms. The van der Waals surface area contributed by atoms with Crippen LogP contribution in [0.4, 0.5) is 9.18 Å². The highest BCUT2D eigenvalue weighted by Gasteiger charge is 2.36. The minimum absolute atomic E-state index is 0.0984. The van der Waals surface area contributed by atoms with Crippen molar-refractivity contribution in [1.29, 1.82) is 0 Å². The lowest BCUT2D eigenvalue weighted by Crippen LogP contribution is -2.28. The molecule has 4 rings (SSSR count). The first-order valence-electron chi connectivity index (χ1n) is 10.3. The summed E-state index contributed by atoms with van der Waals surface area (Å²) >= 11 is 6.87. The van der Waals surface area contributed by atoms with E-state index in [9.17, 15) is 18.8 Å². The molecule has 1 aliphatic heterocycles. The molecule has 1 saturated heterocycles. The van der Waals surface area contributed by atoms with Crippen LogP contribution in [0.1, 0.15) is 32.9 Å². The molecule has 1 aromatic heterocycles. The van der Waals surface area contributed by atoms with Gasteiger partial charge in [0.15, 0.2) is 0 Å². The lowest BCUT2D eigenvalue weighted by Gasteiger charge is -2.14. The lowest BCUT2D eigenvalue weighted by atomic mass is 10.2. The number of nitrogens with zero attached hydrogens (tertiary/aromatic N) is 2. The summed E-state index contributed by atoms with van der Waals surface area (Å²) in [5.74, 6) is -1.49. The number of benzene rings is 2. The molecule has 9 heteroatoms. The van der Waals surface area contributed by atoms with E-state index in [0.29, 0.717) is 5.56 Å². The summed E-state index contributed by atoms with van der Waals surface area (Å²) in [4.78, 5) is 38.4. The summed E-state index contributed by atoms with van der Waals surface area (Å²) in [5, 5.41) is -0.326. The molecule has 34 heavy (non-hydrogen) atoms. The van der Waals surface area contributed by atoms with E-state index in [2.05, 4.69) is 0 Å². The minimum Gasteiger partial charge on any atom is -0.465 e. The van der Waals surface area contributed by atoms with Gasteiger partial charge in [0.1, 0.15) is 5.82 Å². The normalized spacial score (nSPS) is 14.9. The van der Waals surface area contributed by atoms with Crippen LogP contribution in [0.5, 0.6) is 0 Å². The van der Waals surface area contributed by atoms with Gasteiger partial charge in [-0.1, -0.05) is 17.7 Å². The molecule has 2 aromatic carbocycles. The van der Waals surface area contributed by atoms with Gasteiger partial charge in [0.25, 0.3) is 11.1 Å². The highest BCUT2D eigenvalue weighted by atomic mass is 35.5. The smallest absolute Gasteiger partial charge is 0.337 e. The molecule has 2 amide bonds. The Labute approximate surface area is 205 Å². The fourth-order valence-electron chi connectivity index (χ4n) is 3.81. The number of esters is 1. The van der Waals surface area contributed by atoms with Crippen LogP contribution in [-0.2, 0) is 16.1 Å². The van der Waals surface area contributed by atoms with Crippen LogP contribution in [0.2, 0.25) is 5.02 Å². The third-order valence-electron chi connectivity index (χ3n) is 5.55. The van der Waals surface area contributed by atoms with E-state index in [1.807, 2.05) is 36.6 Å². The van der Waals surface area contributed by atoms with Crippen molar-refractivity contribution in [3.05, 3.63) is 92.4 Å². The van der Waals surface area contributed by atoms with Crippen molar-refractivity contribution in [2.45, 2.75) is 20.4 Å². The molecular formula is C25H20ClFN2O4S. The van der Waals surface area contributed by atoms with Crippen molar-refractivity contribution >= 4 is 46.6 Å². The third kappa shape index (κ3) is 4.38. The van der Waals surface area contributed by atoms with Crippen molar-refractivity contribution in [1.82, 2.24) is 9.47 Å². The van der Waals surface area contributed by atoms with Crippen molar-refractivity contribution in [2.24, 2.45) is 0 Å². The van der Waals surface area contributed by atoms with Gasteiger partial charge in [-0.3, -0.25) is 14.5 Å². The van der Waals surface area contributed by atoms with Crippen LogP contribution in [0, 0.1) is 19.7 Å². The highest BCUT2D eigenvalue weighted by Crippen LogP contribution is 2.35. The zero-order valence-electron chi connectivity index (χ0n) is 18.6. The Bertz CT molecular complexity index is 1330. The predicted octanol–water partition coefficient (Wildman–Crippen LogP) is 5.91. The van der Waals surface area contributed by atoms with Crippen LogP contribution in [0.25, 0.3) is 11.8 Å². The van der Waals surface area contributed by atoms with Gasteiger partial charge < -0.3 is 9.30 Å². The number of hydrogen-bond donors (Lipinski definition) is 0. The number of aromatic nitrogens is 1. The Kier molecular flexibility index (Phi) is 6.63. The van der Waals surface area contributed by atoms with E-state index in [1.54, 1.807) is 18.2 Å². The van der Waals surface area contributed by atoms with Gasteiger partial charge in [-0.05, 0) is 79.7 Å². The molecule has 174 valence electrons. The Morgan fingerprint density at radius 3 is 2.50 bits per heavy atom. The van der Waals surface area contributed by atoms with Crippen molar-refractivity contribution in [3.8, 4) is 5.69 Å². The lowest BCUT2D eigenvalue weighted by molar-refractivity contribution is -0.123. The van der Waals surface area contributed by atoms with Gasteiger partial charge in [0.2, 0.25) is 0 Å². The molecule has 0 unspecified atom stereocenters. The SMILES string of the molecule is COC(=O)c1ccc(-n2c(C)cc(/C=C3\SC(=O)N(Cc4c(F)cccc4Cl)C3=O)c2C)cc1. The first-order valence-corrected chi connectivity index (χ1v) is 11.5. The zero-order chi connectivity index (χ0) is 24.6. The minimum atomic E-state index is -0.572. The molecule has 0 saturated carbocycles. The Morgan fingerprint density at radius 1 is 1.15 bits per heavy atom. The molecule has 3 aromatic rings. The second kappa shape index (κ2) is 9.48. The van der Waals surface area contributed by atoms with E-state index in [0.717, 1.165) is 39.3 Å². The van der Waals surface area contributed by atoms with E-state index in [-0.39, 0.29) is 22.0 Å². The second-order valence-corrected chi connectivity index (χ2v) is 9.07. The quantitative estimate of drug-likeness (QED) is 0.323. The number of rotatable bonds is 5. The fourth-order valence-corrected chi connectivity index (χ4v) is 4.87. The molecule has 6 nitrogen and oxygen atoms in total. The monoisotopic (exact) mass is 498 g/mol. The summed E-state index contributed by atoms with van der Waals surface area (Å²) < 4.78 is 20.9. The molecular weight excluding hydrogens is 479 g/mol. The maximum atomic E-state index is 14.2. The number of carbonyl (C=O) groups excluding carboxylic acids is 3. The maximum absolute atomic E-state index is 14.2. The summed E-state index contributed by atoms with van der Waals surface area (Å²) in [6, 6.07) is 13.1. The Balaban J connectivity index is 1.62. The summed E-state index contributed by atoms with van der Waals surface area (Å²) in [6.45, 7) is 3.58. The maximum Gasteiger partial charge on any atom is 0.337 e. The van der Waals surface area contributed by atoms with Gasteiger partial charge in [-0.25, -0.2) is 9.18 Å². The molecule has 0 bridgehead atoms. The summed E-state index contributed by atoms with van der Waals surface area (Å²) in [6.07, 6.45) is 1.66. The van der Waals surface area contributed by atoms with Crippen LogP contribution >= 0.6 is 23.4 Å². The van der Waals surface area contributed by atoms with Crippen molar-refractivity contribution < 1.29 is 23.5 Å². The van der Waals surface area contributed by atoms with Gasteiger partial charge in [0, 0.05) is 27.7 Å². The topological polar surface area (TPSA) is 68.6 Å². The van der Waals surface area contributed by atoms with Gasteiger partial charge in [-0.15, -0.1) is 0 Å². The highest BCUT2D eigenvalue weighted by molar-refractivity contribution is 8.18. The van der Waals surface area contributed by atoms with Crippen molar-refractivity contribution in [2.75, 3.05) is 7.11 Å². The van der Waals surface area contributed by atoms with Gasteiger partial charge in [-0.2, -0.15) is 0 Å². The molecule has 0 aliphatic carbocycles. The Morgan fingerprint density at radius 2 is 1.85 bits per heavy atom. The largest absolute Gasteiger partial charge is 0.465 e. The third-order valence-corrected chi connectivity index (χ3v) is 6.82. The first kappa shape index (κ1) is 23.8. The van der Waals surface area contributed by atoms with Crippen LogP contribution < -0.4 is 0 Å². The molecule has 2 heterocycles. The molecule has 1 aliphatic rings. The standard InChI is InChI=1S/C25H20ClFN2O4S/c1-14-11-17(15(2)29(14)18-9-7-16(8-10-18)24(31)33-3)12-22-23(30)28(25(32)34-22)13-19-20(26)5-4-6-21(19)27/h4-12H,13H2,1-3H3/b22-12-. The van der Waals surface area contributed by atoms with E-state index in [4.69, 9.17) is 16.3 Å². The van der Waals surface area contributed by atoms with Gasteiger partial charge in [0.05, 0.1) is 24.1 Å². The van der Waals surface area contributed by atoms with Gasteiger partial charge >= 0.3 is 5.97 Å². The number of ether oxygens (including phenoxy) is 1. The number of amides is 2. The van der Waals surface area contributed by atoms with E-state index >= 15 is 0 Å². The van der Waals surface area contributed by atoms with Crippen LogP contribution in [0.15, 0.2) is 53.4 Å². The number of carbonyl (C=O) groups is 3. The predicted molar refractivity (Wildman–Crippen MR) is 130 cm³/mol. The first-order chi connectivity index (χ1) is 16.2. The summed E-state index contributed by atoms with van der Waals surface area (Å²) in [5.41, 5.74) is 3.91. The molecule has 0 atom stereocenters. The average Bonchev–Trinajstić information content (AvgIpc) is 3.24. The average molecular weight is 499 g/mol. The number of imide groups is 1. The number of thioether (sulfide) groups is 1. The number of halogens is 2. The Hall–Kier alpha value is -3.36. The van der Waals surface area contributed by atoms with Crippen molar-refractivity contribution in [3.63, 3.8) is 0 Å². The molecule has 1 fully saturated rings. The van der Waals surface area contributed by atoms with E-state index in [1.165, 1.54) is 25.3 Å². The number of methoxy groups -OCH3 is 1. The van der Waals surface area contributed by atoms with Crippen LogP contribution in [0.3, 0.4) is 0 Å². The van der Waals surface area contributed by atoms with Crippen LogP contribution in [-0.4, -0.2) is 33.7 Å². The molecule has 0 N–H and O–H groups in total. The summed E-state index contributed by atoms with van der Waals surface area (Å²) in [7, 11) is 1.33. The van der Waals surface area contributed by atoms with E-state index < -0.39 is 22.9 Å². The number of aryl methyl sites for hydroxylation is 1.